The Balaban J connectivity index is 1.61. The molecule has 0 spiro atoms. The van der Waals surface area contributed by atoms with Gasteiger partial charge in [-0.05, 0) is 51.7 Å². The molecule has 0 bridgehead atoms. The average molecular weight is 397 g/mol. The fourth-order valence-corrected chi connectivity index (χ4v) is 5.99. The highest BCUT2D eigenvalue weighted by Gasteiger charge is 2.30. The highest BCUT2D eigenvalue weighted by Crippen LogP contribution is 2.29. The lowest BCUT2D eigenvalue weighted by Gasteiger charge is -2.33. The monoisotopic (exact) mass is 396 g/mol. The van der Waals surface area contributed by atoms with E-state index in [-0.39, 0.29) is 22.1 Å². The van der Waals surface area contributed by atoms with Gasteiger partial charge in [-0.25, -0.2) is 18.2 Å². The van der Waals surface area contributed by atoms with Gasteiger partial charge in [-0.1, -0.05) is 12.1 Å². The van der Waals surface area contributed by atoms with Crippen LogP contribution < -0.4 is 0 Å². The Labute approximate surface area is 158 Å². The number of amides is 1. The quantitative estimate of drug-likeness (QED) is 0.790. The van der Waals surface area contributed by atoms with Crippen LogP contribution in [0.15, 0.2) is 28.6 Å². The van der Waals surface area contributed by atoms with Crippen molar-refractivity contribution in [3.63, 3.8) is 0 Å². The molecule has 26 heavy (non-hydrogen) atoms. The number of carbonyl (C=O) groups excluding carboxylic acids is 1. The number of benzene rings is 1. The van der Waals surface area contributed by atoms with Gasteiger partial charge in [0.1, 0.15) is 5.60 Å². The molecule has 1 aromatic heterocycles. The molecule has 0 saturated carbocycles. The first-order valence-electron chi connectivity index (χ1n) is 8.70. The first-order chi connectivity index (χ1) is 12.1. The Morgan fingerprint density at radius 2 is 1.92 bits per heavy atom. The molecule has 142 valence electrons. The lowest BCUT2D eigenvalue weighted by molar-refractivity contribution is 0.0191. The van der Waals surface area contributed by atoms with E-state index in [1.165, 1.54) is 11.3 Å². The minimum Gasteiger partial charge on any atom is -0.444 e. The zero-order valence-electron chi connectivity index (χ0n) is 15.3. The van der Waals surface area contributed by atoms with Crippen molar-refractivity contribution in [3.05, 3.63) is 24.3 Å². The second-order valence-corrected chi connectivity index (χ2v) is 10.9. The van der Waals surface area contributed by atoms with E-state index in [2.05, 4.69) is 4.98 Å². The van der Waals surface area contributed by atoms with Crippen molar-refractivity contribution in [1.82, 2.24) is 9.88 Å². The number of piperidine rings is 1. The SMILES string of the molecule is CC(C)(C)OC(=O)N1CCC(CS(=O)(=O)c2nc3ccccc3s2)CC1. The molecule has 1 saturated heterocycles. The third-order valence-corrected chi connectivity index (χ3v) is 7.64. The maximum atomic E-state index is 12.7. The second kappa shape index (κ2) is 7.15. The summed E-state index contributed by atoms with van der Waals surface area (Å²) in [6.45, 7) is 6.55. The molecule has 0 radical (unpaired) electrons. The minimum absolute atomic E-state index is 0.0331. The van der Waals surface area contributed by atoms with Crippen LogP contribution in [0.5, 0.6) is 0 Å². The summed E-state index contributed by atoms with van der Waals surface area (Å²) in [5.74, 6) is 0.111. The lowest BCUT2D eigenvalue weighted by atomic mass is 9.99. The van der Waals surface area contributed by atoms with Crippen LogP contribution in [0.4, 0.5) is 4.79 Å². The smallest absolute Gasteiger partial charge is 0.410 e. The van der Waals surface area contributed by atoms with E-state index >= 15 is 0 Å². The highest BCUT2D eigenvalue weighted by molar-refractivity contribution is 7.93. The summed E-state index contributed by atoms with van der Waals surface area (Å²) in [5.41, 5.74) is 0.195. The van der Waals surface area contributed by atoms with Crippen molar-refractivity contribution in [2.45, 2.75) is 43.6 Å². The Morgan fingerprint density at radius 3 is 2.54 bits per heavy atom. The maximum Gasteiger partial charge on any atom is 0.410 e. The molecule has 2 heterocycles. The molecule has 1 fully saturated rings. The van der Waals surface area contributed by atoms with Crippen LogP contribution in [0.1, 0.15) is 33.6 Å². The normalized spacial score (nSPS) is 16.8. The van der Waals surface area contributed by atoms with E-state index in [0.717, 1.165) is 10.2 Å². The van der Waals surface area contributed by atoms with Crippen LogP contribution in [-0.4, -0.2) is 48.8 Å². The standard InChI is InChI=1S/C18H24N2O4S2/c1-18(2,3)24-17(21)20-10-8-13(9-11-20)12-26(22,23)16-19-14-6-4-5-7-15(14)25-16/h4-7,13H,8-12H2,1-3H3. The number of hydrogen-bond acceptors (Lipinski definition) is 6. The highest BCUT2D eigenvalue weighted by atomic mass is 32.2. The molecular formula is C18H24N2O4S2. The molecule has 8 heteroatoms. The van der Waals surface area contributed by atoms with Crippen LogP contribution >= 0.6 is 11.3 Å². The van der Waals surface area contributed by atoms with Gasteiger partial charge in [0.15, 0.2) is 0 Å². The molecule has 1 amide bonds. The number of fused-ring (bicyclic) bond motifs is 1. The molecular weight excluding hydrogens is 372 g/mol. The molecule has 6 nitrogen and oxygen atoms in total. The van der Waals surface area contributed by atoms with Gasteiger partial charge in [0.05, 0.1) is 16.0 Å². The van der Waals surface area contributed by atoms with Gasteiger partial charge < -0.3 is 9.64 Å². The zero-order chi connectivity index (χ0) is 18.9. The Hall–Kier alpha value is -1.67. The predicted octanol–water partition coefficient (Wildman–Crippen LogP) is 3.72. The molecule has 0 atom stereocenters. The van der Waals surface area contributed by atoms with Crippen LogP contribution in [-0.2, 0) is 14.6 Å². The van der Waals surface area contributed by atoms with Gasteiger partial charge in [0.25, 0.3) is 0 Å². The number of likely N-dealkylation sites (tertiary alicyclic amines) is 1. The van der Waals surface area contributed by atoms with Crippen LogP contribution in [0, 0.1) is 5.92 Å². The second-order valence-electron chi connectivity index (χ2n) is 7.64. The Kier molecular flexibility index (Phi) is 5.25. The van der Waals surface area contributed by atoms with Gasteiger partial charge >= 0.3 is 6.09 Å². The largest absolute Gasteiger partial charge is 0.444 e. The van der Waals surface area contributed by atoms with E-state index in [1.807, 2.05) is 45.0 Å². The summed E-state index contributed by atoms with van der Waals surface area (Å²) < 4.78 is 31.9. The van der Waals surface area contributed by atoms with E-state index in [1.54, 1.807) is 4.90 Å². The van der Waals surface area contributed by atoms with E-state index in [0.29, 0.717) is 25.9 Å². The molecule has 0 N–H and O–H groups in total. The lowest BCUT2D eigenvalue weighted by Crippen LogP contribution is -2.42. The van der Waals surface area contributed by atoms with E-state index in [4.69, 9.17) is 4.74 Å². The van der Waals surface area contributed by atoms with Gasteiger partial charge in [-0.3, -0.25) is 0 Å². The number of thiazole rings is 1. The zero-order valence-corrected chi connectivity index (χ0v) is 16.9. The number of sulfone groups is 1. The van der Waals surface area contributed by atoms with Crippen LogP contribution in [0.2, 0.25) is 0 Å². The third kappa shape index (κ3) is 4.54. The number of aromatic nitrogens is 1. The van der Waals surface area contributed by atoms with E-state index < -0.39 is 15.4 Å². The van der Waals surface area contributed by atoms with Crippen LogP contribution in [0.25, 0.3) is 10.2 Å². The molecule has 3 rings (SSSR count). The van der Waals surface area contributed by atoms with Gasteiger partial charge in [0, 0.05) is 13.1 Å². The number of ether oxygens (including phenoxy) is 1. The fraction of sp³-hybridized carbons (Fsp3) is 0.556. The third-order valence-electron chi connectivity index (χ3n) is 4.26. The Bertz CT molecular complexity index is 858. The van der Waals surface area contributed by atoms with E-state index in [9.17, 15) is 13.2 Å². The minimum atomic E-state index is -3.42. The molecule has 1 aliphatic rings. The van der Waals surface area contributed by atoms with Gasteiger partial charge in [-0.15, -0.1) is 11.3 Å². The number of para-hydroxylation sites is 1. The molecule has 0 aliphatic carbocycles. The van der Waals surface area contributed by atoms with Crippen molar-refractivity contribution >= 4 is 37.5 Å². The summed E-state index contributed by atoms with van der Waals surface area (Å²) in [6, 6.07) is 7.43. The fourth-order valence-electron chi connectivity index (χ4n) is 2.97. The van der Waals surface area contributed by atoms with Crippen molar-refractivity contribution in [3.8, 4) is 0 Å². The maximum absolute atomic E-state index is 12.7. The van der Waals surface area contributed by atoms with Crippen molar-refractivity contribution < 1.29 is 17.9 Å². The number of carbonyl (C=O) groups is 1. The van der Waals surface area contributed by atoms with Crippen molar-refractivity contribution in [2.75, 3.05) is 18.8 Å². The number of rotatable bonds is 3. The summed E-state index contributed by atoms with van der Waals surface area (Å²) in [7, 11) is -3.42. The predicted molar refractivity (Wildman–Crippen MR) is 102 cm³/mol. The molecule has 0 unspecified atom stereocenters. The molecule has 1 aromatic carbocycles. The molecule has 1 aliphatic heterocycles. The first kappa shape index (κ1) is 19.1. The summed E-state index contributed by atoms with van der Waals surface area (Å²) in [4.78, 5) is 18.0. The van der Waals surface area contributed by atoms with Crippen molar-refractivity contribution in [1.29, 1.82) is 0 Å². The average Bonchev–Trinajstić information content (AvgIpc) is 2.98. The summed E-state index contributed by atoms with van der Waals surface area (Å²) in [6.07, 6.45) is 0.984. The van der Waals surface area contributed by atoms with Crippen LogP contribution in [0.3, 0.4) is 0 Å². The van der Waals surface area contributed by atoms with Crippen molar-refractivity contribution in [2.24, 2.45) is 5.92 Å². The Morgan fingerprint density at radius 1 is 1.27 bits per heavy atom. The number of nitrogens with zero attached hydrogens (tertiary/aromatic N) is 2. The van der Waals surface area contributed by atoms with Gasteiger partial charge in [-0.2, -0.15) is 0 Å². The first-order valence-corrected chi connectivity index (χ1v) is 11.2. The summed E-state index contributed by atoms with van der Waals surface area (Å²) in [5, 5.41) is 0. The molecule has 2 aromatic rings. The summed E-state index contributed by atoms with van der Waals surface area (Å²) >= 11 is 1.22. The van der Waals surface area contributed by atoms with Gasteiger partial charge in [0.2, 0.25) is 14.2 Å². The topological polar surface area (TPSA) is 76.6 Å². The number of hydrogen-bond donors (Lipinski definition) is 0.